The third-order valence-electron chi connectivity index (χ3n) is 2.78. The van der Waals surface area contributed by atoms with Crippen molar-refractivity contribution in [2.45, 2.75) is 26.9 Å². The van der Waals surface area contributed by atoms with Crippen LogP contribution in [0.4, 0.5) is 11.4 Å². The summed E-state index contributed by atoms with van der Waals surface area (Å²) >= 11 is 0. The van der Waals surface area contributed by atoms with E-state index in [1.807, 2.05) is 43.9 Å². The number of anilines is 2. The molecule has 5 nitrogen and oxygen atoms in total. The lowest BCUT2D eigenvalue weighted by Gasteiger charge is -2.30. The largest absolute Gasteiger partial charge is 0.399 e. The quantitative estimate of drug-likeness (QED) is 0.641. The van der Waals surface area contributed by atoms with Crippen molar-refractivity contribution in [1.29, 1.82) is 0 Å². The van der Waals surface area contributed by atoms with E-state index in [-0.39, 0.29) is 18.6 Å². The molecule has 19 heavy (non-hydrogen) atoms. The summed E-state index contributed by atoms with van der Waals surface area (Å²) in [5, 5.41) is 0. The minimum atomic E-state index is -3.22. The van der Waals surface area contributed by atoms with E-state index in [9.17, 15) is 8.42 Å². The van der Waals surface area contributed by atoms with Crippen LogP contribution in [0.3, 0.4) is 0 Å². The molecule has 7 heteroatoms. The van der Waals surface area contributed by atoms with E-state index in [1.165, 1.54) is 0 Å². The molecule has 1 unspecified atom stereocenters. The van der Waals surface area contributed by atoms with E-state index >= 15 is 0 Å². The van der Waals surface area contributed by atoms with Gasteiger partial charge in [-0.25, -0.2) is 8.42 Å². The van der Waals surface area contributed by atoms with Crippen LogP contribution in [0, 0.1) is 6.92 Å². The van der Waals surface area contributed by atoms with Crippen molar-refractivity contribution in [3.8, 4) is 0 Å². The van der Waals surface area contributed by atoms with Gasteiger partial charge in [0.1, 0.15) is 0 Å². The molecule has 0 aliphatic rings. The van der Waals surface area contributed by atoms with Gasteiger partial charge in [0.05, 0.1) is 12.4 Å². The smallest absolute Gasteiger partial charge is 0.210 e. The topological polar surface area (TPSA) is 75.4 Å². The molecule has 0 aromatic heterocycles. The number of nitrogens with zero attached hydrogens (tertiary/aromatic N) is 1. The number of hydrogen-bond acceptors (Lipinski definition) is 4. The molecule has 1 rings (SSSR count). The maximum atomic E-state index is 11.3. The Morgan fingerprint density at radius 2 is 2.00 bits per heavy atom. The highest BCUT2D eigenvalue weighted by atomic mass is 35.5. The molecule has 110 valence electrons. The molecule has 3 N–H and O–H groups in total. The Kier molecular flexibility index (Phi) is 6.62. The summed E-state index contributed by atoms with van der Waals surface area (Å²) in [6.07, 6.45) is 0.860. The van der Waals surface area contributed by atoms with Crippen molar-refractivity contribution >= 4 is 33.8 Å². The molecule has 0 aliphatic carbocycles. The SMILES string of the molecule is CCN(c1ccc(N)c(C)c1)C(C)NS(C)(=O)=O.Cl. The van der Waals surface area contributed by atoms with Crippen molar-refractivity contribution < 1.29 is 8.42 Å². The standard InChI is InChI=1S/C12H21N3O2S.ClH/c1-5-15(10(3)14-18(4,16)17)11-6-7-12(13)9(2)8-11;/h6-8,10,14H,5,13H2,1-4H3;1H. The summed E-state index contributed by atoms with van der Waals surface area (Å²) in [6.45, 7) is 6.43. The molecule has 0 saturated heterocycles. The highest BCUT2D eigenvalue weighted by molar-refractivity contribution is 7.88. The molecular formula is C12H22ClN3O2S. The monoisotopic (exact) mass is 307 g/mol. The van der Waals surface area contributed by atoms with Gasteiger partial charge in [-0.05, 0) is 44.5 Å². The molecule has 0 heterocycles. The second kappa shape index (κ2) is 6.98. The first-order valence-corrected chi connectivity index (χ1v) is 7.73. The summed E-state index contributed by atoms with van der Waals surface area (Å²) in [6, 6.07) is 5.69. The lowest BCUT2D eigenvalue weighted by molar-refractivity contribution is 0.555. The zero-order valence-corrected chi connectivity index (χ0v) is 13.3. The predicted octanol–water partition coefficient (Wildman–Crippen LogP) is 1.72. The van der Waals surface area contributed by atoms with Crippen molar-refractivity contribution in [3.05, 3.63) is 23.8 Å². The molecule has 0 saturated carbocycles. The summed E-state index contributed by atoms with van der Waals surface area (Å²) in [5.41, 5.74) is 8.45. The van der Waals surface area contributed by atoms with E-state index in [1.54, 1.807) is 0 Å². The number of nitrogens with two attached hydrogens (primary N) is 1. The van der Waals surface area contributed by atoms with Crippen molar-refractivity contribution in [3.63, 3.8) is 0 Å². The van der Waals surface area contributed by atoms with Gasteiger partial charge in [0.25, 0.3) is 0 Å². The third kappa shape index (κ3) is 5.26. The van der Waals surface area contributed by atoms with Crippen LogP contribution in [-0.2, 0) is 10.0 Å². The van der Waals surface area contributed by atoms with Gasteiger partial charge < -0.3 is 10.6 Å². The zero-order chi connectivity index (χ0) is 13.9. The van der Waals surface area contributed by atoms with E-state index in [4.69, 9.17) is 5.73 Å². The Hall–Kier alpha value is -0.980. The third-order valence-corrected chi connectivity index (χ3v) is 3.55. The fourth-order valence-corrected chi connectivity index (χ4v) is 2.64. The summed E-state index contributed by atoms with van der Waals surface area (Å²) in [5.74, 6) is 0. The van der Waals surface area contributed by atoms with E-state index in [0.29, 0.717) is 6.54 Å². The predicted molar refractivity (Wildman–Crippen MR) is 83.3 cm³/mol. The van der Waals surface area contributed by atoms with Crippen LogP contribution >= 0.6 is 12.4 Å². The summed E-state index contributed by atoms with van der Waals surface area (Å²) in [7, 11) is -3.22. The second-order valence-corrected chi connectivity index (χ2v) is 6.17. The Morgan fingerprint density at radius 1 is 1.42 bits per heavy atom. The lowest BCUT2D eigenvalue weighted by atomic mass is 10.1. The van der Waals surface area contributed by atoms with Crippen molar-refractivity contribution in [2.24, 2.45) is 0 Å². The molecule has 1 atom stereocenters. The van der Waals surface area contributed by atoms with Crippen LogP contribution in [0.15, 0.2) is 18.2 Å². The number of sulfonamides is 1. The molecule has 1 aromatic rings. The van der Waals surface area contributed by atoms with Crippen LogP contribution in [-0.4, -0.2) is 27.4 Å². The van der Waals surface area contributed by atoms with Gasteiger partial charge in [0.15, 0.2) is 0 Å². The highest BCUT2D eigenvalue weighted by Gasteiger charge is 2.16. The number of benzene rings is 1. The van der Waals surface area contributed by atoms with Gasteiger partial charge in [-0.15, -0.1) is 12.4 Å². The zero-order valence-electron chi connectivity index (χ0n) is 11.7. The second-order valence-electron chi connectivity index (χ2n) is 4.39. The minimum absolute atomic E-state index is 0. The van der Waals surface area contributed by atoms with Crippen LogP contribution < -0.4 is 15.4 Å². The van der Waals surface area contributed by atoms with E-state index in [2.05, 4.69) is 4.72 Å². The summed E-state index contributed by atoms with van der Waals surface area (Å²) < 4.78 is 25.1. The normalized spacial score (nSPS) is 12.6. The number of nitrogens with one attached hydrogen (secondary N) is 1. The minimum Gasteiger partial charge on any atom is -0.399 e. The molecular weight excluding hydrogens is 286 g/mol. The summed E-state index contributed by atoms with van der Waals surface area (Å²) in [4.78, 5) is 1.97. The van der Waals surface area contributed by atoms with Gasteiger partial charge in [0, 0.05) is 17.9 Å². The molecule has 0 fully saturated rings. The fraction of sp³-hybridized carbons (Fsp3) is 0.500. The van der Waals surface area contributed by atoms with E-state index < -0.39 is 10.0 Å². The molecule has 0 bridgehead atoms. The van der Waals surface area contributed by atoms with Crippen LogP contribution in [0.5, 0.6) is 0 Å². The average Bonchev–Trinajstić information content (AvgIpc) is 2.21. The maximum Gasteiger partial charge on any atom is 0.210 e. The molecule has 0 spiro atoms. The first-order valence-electron chi connectivity index (χ1n) is 5.84. The van der Waals surface area contributed by atoms with Crippen LogP contribution in [0.2, 0.25) is 0 Å². The number of hydrogen-bond donors (Lipinski definition) is 2. The number of rotatable bonds is 5. The molecule has 0 radical (unpaired) electrons. The first-order chi connectivity index (χ1) is 8.24. The number of nitrogen functional groups attached to an aromatic ring is 1. The lowest BCUT2D eigenvalue weighted by Crippen LogP contribution is -2.46. The number of halogens is 1. The van der Waals surface area contributed by atoms with Crippen LogP contribution in [0.1, 0.15) is 19.4 Å². The maximum absolute atomic E-state index is 11.3. The van der Waals surface area contributed by atoms with Gasteiger partial charge in [-0.3, -0.25) is 0 Å². The fourth-order valence-electron chi connectivity index (χ4n) is 1.89. The Morgan fingerprint density at radius 3 is 2.42 bits per heavy atom. The van der Waals surface area contributed by atoms with Gasteiger partial charge >= 0.3 is 0 Å². The van der Waals surface area contributed by atoms with Gasteiger partial charge in [-0.1, -0.05) is 0 Å². The molecule has 0 amide bonds. The van der Waals surface area contributed by atoms with Gasteiger partial charge in [-0.2, -0.15) is 4.72 Å². The van der Waals surface area contributed by atoms with Crippen LogP contribution in [0.25, 0.3) is 0 Å². The molecule has 0 aliphatic heterocycles. The number of aryl methyl sites for hydroxylation is 1. The van der Waals surface area contributed by atoms with Gasteiger partial charge in [0.2, 0.25) is 10.0 Å². The average molecular weight is 308 g/mol. The van der Waals surface area contributed by atoms with Crippen molar-refractivity contribution in [1.82, 2.24) is 4.72 Å². The van der Waals surface area contributed by atoms with Crippen molar-refractivity contribution in [2.75, 3.05) is 23.4 Å². The Bertz CT molecular complexity index is 520. The highest BCUT2D eigenvalue weighted by Crippen LogP contribution is 2.21. The van der Waals surface area contributed by atoms with E-state index in [0.717, 1.165) is 23.2 Å². The first kappa shape index (κ1) is 18.0. The Balaban J connectivity index is 0.00000324. The molecule has 1 aromatic carbocycles. The Labute approximate surface area is 121 Å².